The highest BCUT2D eigenvalue weighted by molar-refractivity contribution is 7.18. The molecule has 1 N–H and O–H groups in total. The second-order valence-electron chi connectivity index (χ2n) is 4.07. The minimum atomic E-state index is -0.471. The van der Waals surface area contributed by atoms with Crippen LogP contribution in [0.4, 0.5) is 5.69 Å². The summed E-state index contributed by atoms with van der Waals surface area (Å²) in [4.78, 5) is 22.8. The number of nitro groups is 1. The first-order chi connectivity index (χ1) is 10.1. The maximum absolute atomic E-state index is 10.6. The quantitative estimate of drug-likeness (QED) is 0.589. The van der Waals surface area contributed by atoms with Gasteiger partial charge < -0.3 is 5.11 Å². The van der Waals surface area contributed by atoms with Gasteiger partial charge in [0.05, 0.1) is 16.0 Å². The molecule has 21 heavy (non-hydrogen) atoms. The Kier molecular flexibility index (Phi) is 3.28. The Hall–Kier alpha value is -2.87. The van der Waals surface area contributed by atoms with Crippen molar-refractivity contribution < 1.29 is 10.0 Å². The van der Waals surface area contributed by atoms with E-state index < -0.39 is 4.92 Å². The summed E-state index contributed by atoms with van der Waals surface area (Å²) < 4.78 is 0. The molecule has 8 heteroatoms. The third-order valence-electron chi connectivity index (χ3n) is 2.73. The Morgan fingerprint density at radius 3 is 2.57 bits per heavy atom. The lowest BCUT2D eigenvalue weighted by Gasteiger charge is -1.97. The number of aromatic hydroxyl groups is 1. The molecule has 0 amide bonds. The predicted molar refractivity (Wildman–Crippen MR) is 76.9 cm³/mol. The van der Waals surface area contributed by atoms with E-state index in [1.807, 2.05) is 0 Å². The van der Waals surface area contributed by atoms with Crippen molar-refractivity contribution in [1.82, 2.24) is 15.0 Å². The number of hydrogen-bond donors (Lipinski definition) is 1. The van der Waals surface area contributed by atoms with Crippen LogP contribution in [0.5, 0.6) is 5.88 Å². The van der Waals surface area contributed by atoms with Crippen molar-refractivity contribution in [3.05, 3.63) is 53.0 Å². The van der Waals surface area contributed by atoms with Gasteiger partial charge in [-0.05, 0) is 17.7 Å². The van der Waals surface area contributed by atoms with Gasteiger partial charge in [0, 0.05) is 24.5 Å². The summed E-state index contributed by atoms with van der Waals surface area (Å²) in [5.74, 6) is -0.130. The van der Waals surface area contributed by atoms with Gasteiger partial charge in [0.15, 0.2) is 0 Å². The van der Waals surface area contributed by atoms with Crippen LogP contribution in [0.25, 0.3) is 21.1 Å². The largest absolute Gasteiger partial charge is 0.492 e. The summed E-state index contributed by atoms with van der Waals surface area (Å²) >= 11 is 1.25. The van der Waals surface area contributed by atoms with Crippen LogP contribution in [-0.4, -0.2) is 25.0 Å². The zero-order chi connectivity index (χ0) is 14.8. The van der Waals surface area contributed by atoms with Crippen molar-refractivity contribution in [3.63, 3.8) is 0 Å². The van der Waals surface area contributed by atoms with E-state index in [2.05, 4.69) is 15.0 Å². The molecule has 0 atom stereocenters. The fraction of sp³-hybridized carbons (Fsp3) is 0. The second-order valence-corrected chi connectivity index (χ2v) is 5.07. The zero-order valence-corrected chi connectivity index (χ0v) is 11.3. The molecule has 3 rings (SSSR count). The highest BCUT2D eigenvalue weighted by Gasteiger charge is 2.15. The lowest BCUT2D eigenvalue weighted by Crippen LogP contribution is -1.86. The van der Waals surface area contributed by atoms with Gasteiger partial charge in [-0.15, -0.1) is 11.3 Å². The average Bonchev–Trinajstić information content (AvgIpc) is 2.90. The molecule has 0 aliphatic carbocycles. The number of thiazole rings is 1. The maximum atomic E-state index is 10.6. The van der Waals surface area contributed by atoms with Crippen molar-refractivity contribution in [3.8, 4) is 27.0 Å². The monoisotopic (exact) mass is 300 g/mol. The van der Waals surface area contributed by atoms with Gasteiger partial charge in [-0.1, -0.05) is 0 Å². The van der Waals surface area contributed by atoms with E-state index in [4.69, 9.17) is 0 Å². The van der Waals surface area contributed by atoms with E-state index in [0.29, 0.717) is 21.1 Å². The molecular formula is C13H8N4O3S. The number of benzene rings is 1. The molecule has 0 saturated carbocycles. The molecule has 0 bridgehead atoms. The second kappa shape index (κ2) is 5.25. The zero-order valence-electron chi connectivity index (χ0n) is 10.5. The van der Waals surface area contributed by atoms with Crippen LogP contribution in [0.3, 0.4) is 0 Å². The van der Waals surface area contributed by atoms with Gasteiger partial charge in [-0.2, -0.15) is 4.98 Å². The van der Waals surface area contributed by atoms with Crippen molar-refractivity contribution in [2.75, 3.05) is 0 Å². The molecule has 0 fully saturated rings. The summed E-state index contributed by atoms with van der Waals surface area (Å²) in [5, 5.41) is 21.1. The summed E-state index contributed by atoms with van der Waals surface area (Å²) in [6, 6.07) is 5.92. The van der Waals surface area contributed by atoms with Gasteiger partial charge in [-0.25, -0.2) is 0 Å². The SMILES string of the molecule is O=[N+]([O-])c1ccc(-c2sc(-c3cnccn3)nc2O)cc1. The van der Waals surface area contributed by atoms with Gasteiger partial charge in [-0.3, -0.25) is 20.1 Å². The smallest absolute Gasteiger partial charge is 0.269 e. The number of non-ortho nitro benzene ring substituents is 1. The minimum Gasteiger partial charge on any atom is -0.492 e. The van der Waals surface area contributed by atoms with Crippen molar-refractivity contribution in [2.45, 2.75) is 0 Å². The average molecular weight is 300 g/mol. The number of nitrogens with zero attached hydrogens (tertiary/aromatic N) is 4. The molecule has 0 saturated heterocycles. The molecule has 7 nitrogen and oxygen atoms in total. The van der Waals surface area contributed by atoms with Gasteiger partial charge in [0.25, 0.3) is 5.69 Å². The molecule has 2 heterocycles. The van der Waals surface area contributed by atoms with Gasteiger partial charge in [0.2, 0.25) is 5.88 Å². The molecule has 0 spiro atoms. The molecule has 0 radical (unpaired) electrons. The summed E-state index contributed by atoms with van der Waals surface area (Å²) in [6.45, 7) is 0. The molecule has 0 aliphatic heterocycles. The topological polar surface area (TPSA) is 102 Å². The first-order valence-electron chi connectivity index (χ1n) is 5.86. The lowest BCUT2D eigenvalue weighted by molar-refractivity contribution is -0.384. The molecule has 0 unspecified atom stereocenters. The van der Waals surface area contributed by atoms with Crippen LogP contribution in [0.2, 0.25) is 0 Å². The third kappa shape index (κ3) is 2.56. The van der Waals surface area contributed by atoms with Crippen LogP contribution < -0.4 is 0 Å². The van der Waals surface area contributed by atoms with Gasteiger partial charge >= 0.3 is 0 Å². The molecule has 2 aromatic heterocycles. The van der Waals surface area contributed by atoms with Crippen molar-refractivity contribution >= 4 is 17.0 Å². The van der Waals surface area contributed by atoms with E-state index in [0.717, 1.165) is 0 Å². The van der Waals surface area contributed by atoms with E-state index in [1.165, 1.54) is 23.5 Å². The number of aromatic nitrogens is 3. The summed E-state index contributed by atoms with van der Waals surface area (Å²) in [6.07, 6.45) is 4.64. The summed E-state index contributed by atoms with van der Waals surface area (Å²) in [5.41, 5.74) is 1.22. The molecule has 1 aromatic carbocycles. The van der Waals surface area contributed by atoms with Crippen LogP contribution in [0.15, 0.2) is 42.9 Å². The Morgan fingerprint density at radius 2 is 1.95 bits per heavy atom. The molecular weight excluding hydrogens is 292 g/mol. The molecule has 0 aliphatic rings. The van der Waals surface area contributed by atoms with E-state index in [9.17, 15) is 15.2 Å². The maximum Gasteiger partial charge on any atom is 0.269 e. The Morgan fingerprint density at radius 1 is 1.19 bits per heavy atom. The molecule has 3 aromatic rings. The van der Waals surface area contributed by atoms with Crippen molar-refractivity contribution in [1.29, 1.82) is 0 Å². The Labute approximate surface area is 122 Å². The van der Waals surface area contributed by atoms with Crippen LogP contribution >= 0.6 is 11.3 Å². The highest BCUT2D eigenvalue weighted by atomic mass is 32.1. The first kappa shape index (κ1) is 13.1. The fourth-order valence-electron chi connectivity index (χ4n) is 1.75. The normalized spacial score (nSPS) is 10.5. The number of rotatable bonds is 3. The predicted octanol–water partition coefficient (Wildman–Crippen LogP) is 2.88. The van der Waals surface area contributed by atoms with E-state index >= 15 is 0 Å². The fourth-order valence-corrected chi connectivity index (χ4v) is 2.68. The standard InChI is InChI=1S/C13H8N4O3S/c18-12-11(8-1-3-9(4-2-8)17(19)20)21-13(16-12)10-7-14-5-6-15-10/h1-7,18H. The van der Waals surface area contributed by atoms with E-state index in [1.54, 1.807) is 30.7 Å². The number of nitro benzene ring substituents is 1. The van der Waals surface area contributed by atoms with Crippen LogP contribution in [0, 0.1) is 10.1 Å². The molecule has 104 valence electrons. The highest BCUT2D eigenvalue weighted by Crippen LogP contribution is 2.38. The Balaban J connectivity index is 2.00. The van der Waals surface area contributed by atoms with Crippen LogP contribution in [-0.2, 0) is 0 Å². The van der Waals surface area contributed by atoms with Crippen molar-refractivity contribution in [2.24, 2.45) is 0 Å². The van der Waals surface area contributed by atoms with E-state index in [-0.39, 0.29) is 11.6 Å². The first-order valence-corrected chi connectivity index (χ1v) is 6.68. The minimum absolute atomic E-state index is 0.00287. The third-order valence-corrected chi connectivity index (χ3v) is 3.85. The number of hydrogen-bond acceptors (Lipinski definition) is 7. The lowest BCUT2D eigenvalue weighted by atomic mass is 10.2. The van der Waals surface area contributed by atoms with Gasteiger partial charge in [0.1, 0.15) is 10.7 Å². The Bertz CT molecular complexity index is 787. The summed E-state index contributed by atoms with van der Waals surface area (Å²) in [7, 11) is 0. The van der Waals surface area contributed by atoms with Crippen LogP contribution in [0.1, 0.15) is 0 Å².